The van der Waals surface area contributed by atoms with Crippen molar-refractivity contribution in [1.82, 2.24) is 5.10 Å². The van der Waals surface area contributed by atoms with Crippen LogP contribution in [0, 0.1) is 6.92 Å². The van der Waals surface area contributed by atoms with E-state index in [1.807, 2.05) is 43.5 Å². The van der Waals surface area contributed by atoms with Crippen LogP contribution in [0.15, 0.2) is 36.5 Å². The maximum absolute atomic E-state index is 11.8. The third-order valence-electron chi connectivity index (χ3n) is 2.37. The predicted octanol–water partition coefficient (Wildman–Crippen LogP) is 2.90. The monoisotopic (exact) mass is 291 g/mol. The average Bonchev–Trinajstić information content (AvgIpc) is 2.86. The molecule has 1 aromatic carbocycles. The molecule has 0 radical (unpaired) electrons. The minimum Gasteiger partial charge on any atom is -0.308 e. The Kier molecular flexibility index (Phi) is 3.14. The van der Waals surface area contributed by atoms with Crippen LogP contribution in [-0.2, 0) is 0 Å². The molecule has 2 aromatic heterocycles. The summed E-state index contributed by atoms with van der Waals surface area (Å²) >= 11 is 3.11. The van der Waals surface area contributed by atoms with Gasteiger partial charge in [0.2, 0.25) is 6.20 Å². The largest absolute Gasteiger partial charge is 0.354 e. The van der Waals surface area contributed by atoms with Crippen molar-refractivity contribution in [2.75, 3.05) is 10.6 Å². The fraction of sp³-hybridized carbons (Fsp3) is 0.0833. The molecule has 0 aliphatic carbocycles. The summed E-state index contributed by atoms with van der Waals surface area (Å²) < 4.78 is 2.83. The van der Waals surface area contributed by atoms with Crippen molar-refractivity contribution >= 4 is 43.7 Å². The fourth-order valence-electron chi connectivity index (χ4n) is 1.61. The Bertz CT molecular complexity index is 688. The average molecular weight is 291 g/mol. The molecule has 19 heavy (non-hydrogen) atoms. The normalized spacial score (nSPS) is 10.6. The van der Waals surface area contributed by atoms with Gasteiger partial charge in [-0.15, -0.1) is 0 Å². The first-order valence-electron chi connectivity index (χ1n) is 5.63. The second-order valence-corrected chi connectivity index (χ2v) is 6.38. The molecule has 0 unspecified atom stereocenters. The number of amides is 2. The maximum atomic E-state index is 11.8. The summed E-state index contributed by atoms with van der Waals surface area (Å²) in [7, 11) is 0. The molecule has 2 amide bonds. The number of benzene rings is 1. The lowest BCUT2D eigenvalue weighted by Crippen LogP contribution is -2.23. The SMILES string of the molecule is Cc1c[n+]2nc(NC(=O)Nc3ccccc3)sc2s1. The highest BCUT2D eigenvalue weighted by Crippen LogP contribution is 2.21. The van der Waals surface area contributed by atoms with Gasteiger partial charge in [-0.3, -0.25) is 5.32 Å². The van der Waals surface area contributed by atoms with Gasteiger partial charge in [-0.1, -0.05) is 29.5 Å². The maximum Gasteiger partial charge on any atom is 0.354 e. The van der Waals surface area contributed by atoms with E-state index in [1.54, 1.807) is 15.9 Å². The third kappa shape index (κ3) is 2.72. The van der Waals surface area contributed by atoms with Gasteiger partial charge in [-0.2, -0.15) is 0 Å². The number of fused-ring (bicyclic) bond motifs is 1. The molecule has 7 heteroatoms. The second-order valence-electron chi connectivity index (χ2n) is 3.90. The van der Waals surface area contributed by atoms with E-state index in [4.69, 9.17) is 0 Å². The molecule has 0 aliphatic heterocycles. The molecule has 0 spiro atoms. The van der Waals surface area contributed by atoms with Gasteiger partial charge < -0.3 is 5.32 Å². The number of anilines is 2. The number of urea groups is 1. The van der Waals surface area contributed by atoms with Crippen LogP contribution < -0.4 is 15.1 Å². The van der Waals surface area contributed by atoms with E-state index < -0.39 is 0 Å². The molecule has 0 atom stereocenters. The molecule has 0 fully saturated rings. The van der Waals surface area contributed by atoms with Gasteiger partial charge in [0.15, 0.2) is 0 Å². The van der Waals surface area contributed by atoms with E-state index in [1.165, 1.54) is 16.2 Å². The molecule has 96 valence electrons. The molecule has 0 saturated carbocycles. The van der Waals surface area contributed by atoms with E-state index in [9.17, 15) is 4.79 Å². The number of hydrogen-bond donors (Lipinski definition) is 2. The number of nitrogens with zero attached hydrogens (tertiary/aromatic N) is 2. The van der Waals surface area contributed by atoms with E-state index in [-0.39, 0.29) is 6.03 Å². The van der Waals surface area contributed by atoms with Gasteiger partial charge in [-0.05, 0) is 34.9 Å². The van der Waals surface area contributed by atoms with Crippen LogP contribution in [0.3, 0.4) is 0 Å². The molecule has 3 aromatic rings. The first-order chi connectivity index (χ1) is 9.20. The summed E-state index contributed by atoms with van der Waals surface area (Å²) in [4.78, 5) is 13.0. The number of carbonyl (C=O) groups is 1. The molecular formula is C12H11N4OS2+. The van der Waals surface area contributed by atoms with Crippen LogP contribution in [0.5, 0.6) is 0 Å². The zero-order chi connectivity index (χ0) is 13.2. The standard InChI is InChI=1S/C12H10N4OS2/c1-8-7-16-12(18-8)19-11(15-16)14-10(17)13-9-5-3-2-4-6-9/h2-7H,1H3,(H-,13,14,15,17)/p+1. The van der Waals surface area contributed by atoms with Crippen molar-refractivity contribution < 1.29 is 9.31 Å². The Morgan fingerprint density at radius 2 is 2.00 bits per heavy atom. The smallest absolute Gasteiger partial charge is 0.308 e. The third-order valence-corrected chi connectivity index (χ3v) is 4.40. The summed E-state index contributed by atoms with van der Waals surface area (Å²) in [5, 5.41) is 10.3. The summed E-state index contributed by atoms with van der Waals surface area (Å²) in [5.41, 5.74) is 0.752. The number of carbonyl (C=O) groups excluding carboxylic acids is 1. The van der Waals surface area contributed by atoms with Gasteiger partial charge in [-0.25, -0.2) is 4.79 Å². The predicted molar refractivity (Wildman–Crippen MR) is 77.0 cm³/mol. The Morgan fingerprint density at radius 3 is 2.74 bits per heavy atom. The van der Waals surface area contributed by atoms with Crippen molar-refractivity contribution in [3.05, 3.63) is 41.4 Å². The van der Waals surface area contributed by atoms with E-state index in [2.05, 4.69) is 15.7 Å². The Balaban J connectivity index is 1.70. The molecule has 2 N–H and O–H groups in total. The van der Waals surface area contributed by atoms with Crippen LogP contribution in [0.25, 0.3) is 4.14 Å². The summed E-state index contributed by atoms with van der Waals surface area (Å²) in [5.74, 6) is 0. The first-order valence-corrected chi connectivity index (χ1v) is 7.26. The number of thiazole rings is 1. The lowest BCUT2D eigenvalue weighted by molar-refractivity contribution is -0.570. The minimum atomic E-state index is -0.287. The molecule has 0 saturated heterocycles. The van der Waals surface area contributed by atoms with Crippen LogP contribution in [0.2, 0.25) is 0 Å². The van der Waals surface area contributed by atoms with Crippen molar-refractivity contribution in [2.45, 2.75) is 6.92 Å². The Morgan fingerprint density at radius 1 is 1.21 bits per heavy atom. The van der Waals surface area contributed by atoms with Gasteiger partial charge in [0, 0.05) is 10.8 Å². The lowest BCUT2D eigenvalue weighted by atomic mass is 10.3. The van der Waals surface area contributed by atoms with E-state index in [0.717, 1.165) is 9.83 Å². The van der Waals surface area contributed by atoms with Crippen molar-refractivity contribution in [1.29, 1.82) is 0 Å². The summed E-state index contributed by atoms with van der Waals surface area (Å²) in [6, 6.07) is 9.01. The fourth-order valence-corrected chi connectivity index (χ4v) is 3.64. The van der Waals surface area contributed by atoms with Gasteiger partial charge in [0.05, 0.1) is 4.88 Å². The number of rotatable bonds is 2. The van der Waals surface area contributed by atoms with Crippen molar-refractivity contribution in [2.24, 2.45) is 0 Å². The Labute approximate surface area is 117 Å². The molecule has 0 aliphatic rings. The number of nitrogens with one attached hydrogen (secondary N) is 2. The van der Waals surface area contributed by atoms with Crippen LogP contribution in [-0.4, -0.2) is 11.1 Å². The van der Waals surface area contributed by atoms with E-state index >= 15 is 0 Å². The second kappa shape index (κ2) is 4.94. The summed E-state index contributed by atoms with van der Waals surface area (Å²) in [6.45, 7) is 2.03. The van der Waals surface area contributed by atoms with Gasteiger partial charge in [0.1, 0.15) is 0 Å². The molecular weight excluding hydrogens is 280 g/mol. The van der Waals surface area contributed by atoms with Gasteiger partial charge in [0.25, 0.3) is 5.13 Å². The molecule has 5 nitrogen and oxygen atoms in total. The number of hydrogen-bond acceptors (Lipinski definition) is 4. The highest BCUT2D eigenvalue weighted by atomic mass is 32.2. The zero-order valence-corrected chi connectivity index (χ0v) is 11.7. The lowest BCUT2D eigenvalue weighted by Gasteiger charge is -2.03. The van der Waals surface area contributed by atoms with Gasteiger partial charge >= 0.3 is 10.2 Å². The molecule has 2 heterocycles. The Hall–Kier alpha value is -1.99. The highest BCUT2D eigenvalue weighted by Gasteiger charge is 2.17. The van der Waals surface area contributed by atoms with Crippen LogP contribution >= 0.6 is 22.7 Å². The number of para-hydroxylation sites is 1. The van der Waals surface area contributed by atoms with E-state index in [0.29, 0.717) is 5.13 Å². The summed E-state index contributed by atoms with van der Waals surface area (Å²) in [6.07, 6.45) is 1.94. The van der Waals surface area contributed by atoms with Crippen LogP contribution in [0.4, 0.5) is 15.6 Å². The topological polar surface area (TPSA) is 58.1 Å². The van der Waals surface area contributed by atoms with Crippen molar-refractivity contribution in [3.63, 3.8) is 0 Å². The quantitative estimate of drug-likeness (QED) is 0.713. The number of aromatic nitrogens is 2. The highest BCUT2D eigenvalue weighted by molar-refractivity contribution is 7.37. The van der Waals surface area contributed by atoms with Crippen molar-refractivity contribution in [3.8, 4) is 0 Å². The zero-order valence-electron chi connectivity index (χ0n) is 10.1. The number of aryl methyl sites for hydroxylation is 1. The molecule has 3 rings (SSSR count). The first kappa shape index (κ1) is 12.1. The minimum absolute atomic E-state index is 0.287. The van der Waals surface area contributed by atoms with Crippen LogP contribution in [0.1, 0.15) is 4.88 Å². The molecule has 0 bridgehead atoms.